The first kappa shape index (κ1) is 14.3. The van der Waals surface area contributed by atoms with E-state index in [2.05, 4.69) is 10.1 Å². The molecule has 0 radical (unpaired) electrons. The van der Waals surface area contributed by atoms with E-state index < -0.39 is 0 Å². The molecule has 0 fully saturated rings. The van der Waals surface area contributed by atoms with Crippen LogP contribution in [0.5, 0.6) is 0 Å². The summed E-state index contributed by atoms with van der Waals surface area (Å²) in [5.74, 6) is 0.246. The molecule has 1 aromatic heterocycles. The predicted molar refractivity (Wildman–Crippen MR) is 76.0 cm³/mol. The Morgan fingerprint density at radius 1 is 1.25 bits per heavy atom. The van der Waals surface area contributed by atoms with Gasteiger partial charge in [0.25, 0.3) is 0 Å². The predicted octanol–water partition coefficient (Wildman–Crippen LogP) is 1.78. The molecule has 0 N–H and O–H groups in total. The Morgan fingerprint density at radius 3 is 2.60 bits per heavy atom. The maximum Gasteiger partial charge on any atom is 0.345 e. The molecule has 0 aliphatic carbocycles. The van der Waals surface area contributed by atoms with Crippen LogP contribution in [0.15, 0.2) is 41.8 Å². The minimum Gasteiger partial charge on any atom is -0.329 e. The lowest BCUT2D eigenvalue weighted by molar-refractivity contribution is 0.102. The second-order valence-corrected chi connectivity index (χ2v) is 5.17. The minimum absolute atomic E-state index is 0.00545. The molecule has 0 spiro atoms. The third-order valence-corrected chi connectivity index (χ3v) is 3.33. The molecule has 6 nitrogen and oxygen atoms in total. The van der Waals surface area contributed by atoms with Gasteiger partial charge in [0.15, 0.2) is 5.78 Å². The summed E-state index contributed by atoms with van der Waals surface area (Å²) in [7, 11) is 3.27. The molecule has 104 valence electrons. The molecule has 0 aliphatic rings. The number of benzene rings is 1. The van der Waals surface area contributed by atoms with Crippen LogP contribution in [0.25, 0.3) is 0 Å². The van der Waals surface area contributed by atoms with Gasteiger partial charge < -0.3 is 4.90 Å². The molecular weight excluding hydrogens is 276 g/mol. The van der Waals surface area contributed by atoms with Crippen molar-refractivity contribution in [3.05, 3.63) is 42.2 Å². The van der Waals surface area contributed by atoms with E-state index in [4.69, 9.17) is 0 Å². The van der Waals surface area contributed by atoms with E-state index >= 15 is 0 Å². The Labute approximate surface area is 120 Å². The van der Waals surface area contributed by atoms with Crippen molar-refractivity contribution in [1.82, 2.24) is 19.7 Å². The summed E-state index contributed by atoms with van der Waals surface area (Å²) in [5, 5.41) is 4.43. The van der Waals surface area contributed by atoms with Gasteiger partial charge in [-0.05, 0) is 0 Å². The van der Waals surface area contributed by atoms with Crippen LogP contribution in [-0.4, -0.2) is 51.3 Å². The fraction of sp³-hybridized carbons (Fsp3) is 0.231. The number of hydrogen-bond donors (Lipinski definition) is 0. The standard InChI is InChI=1S/C13H14N4O2S/c1-16(2)13(19)17-9-14-12(15-17)20-8-11(18)10-6-4-3-5-7-10/h3-7,9H,8H2,1-2H3. The summed E-state index contributed by atoms with van der Waals surface area (Å²) in [6, 6.07) is 8.76. The van der Waals surface area contributed by atoms with Gasteiger partial charge in [-0.1, -0.05) is 42.1 Å². The normalized spacial score (nSPS) is 10.3. The van der Waals surface area contributed by atoms with E-state index in [1.54, 1.807) is 26.2 Å². The van der Waals surface area contributed by atoms with E-state index in [1.807, 2.05) is 18.2 Å². The van der Waals surface area contributed by atoms with Gasteiger partial charge in [0.1, 0.15) is 6.33 Å². The molecule has 20 heavy (non-hydrogen) atoms. The Kier molecular flexibility index (Phi) is 4.52. The van der Waals surface area contributed by atoms with Gasteiger partial charge in [-0.2, -0.15) is 4.68 Å². The average molecular weight is 290 g/mol. The van der Waals surface area contributed by atoms with E-state index in [-0.39, 0.29) is 17.6 Å². The van der Waals surface area contributed by atoms with Crippen molar-refractivity contribution in [1.29, 1.82) is 0 Å². The van der Waals surface area contributed by atoms with Crippen LogP contribution in [0.1, 0.15) is 10.4 Å². The Hall–Kier alpha value is -2.15. The van der Waals surface area contributed by atoms with Crippen molar-refractivity contribution in [2.24, 2.45) is 0 Å². The molecule has 0 saturated carbocycles. The molecular formula is C13H14N4O2S. The van der Waals surface area contributed by atoms with Crippen molar-refractivity contribution in [3.8, 4) is 0 Å². The summed E-state index contributed by atoms with van der Waals surface area (Å²) < 4.78 is 1.15. The quantitative estimate of drug-likeness (QED) is 0.634. The zero-order chi connectivity index (χ0) is 14.5. The summed E-state index contributed by atoms with van der Waals surface area (Å²) in [4.78, 5) is 28.9. The van der Waals surface area contributed by atoms with Crippen LogP contribution in [0.4, 0.5) is 4.79 Å². The summed E-state index contributed by atoms with van der Waals surface area (Å²) in [6.07, 6.45) is 1.34. The van der Waals surface area contributed by atoms with E-state index in [0.717, 1.165) is 4.68 Å². The molecule has 1 heterocycles. The van der Waals surface area contributed by atoms with Gasteiger partial charge in [0.2, 0.25) is 5.16 Å². The van der Waals surface area contributed by atoms with Crippen LogP contribution in [-0.2, 0) is 0 Å². The molecule has 0 bridgehead atoms. The monoisotopic (exact) mass is 290 g/mol. The van der Waals surface area contributed by atoms with Crippen LogP contribution < -0.4 is 0 Å². The van der Waals surface area contributed by atoms with Gasteiger partial charge in [0, 0.05) is 19.7 Å². The maximum absolute atomic E-state index is 11.9. The highest BCUT2D eigenvalue weighted by atomic mass is 32.2. The number of hydrogen-bond acceptors (Lipinski definition) is 5. The first-order chi connectivity index (χ1) is 9.58. The molecule has 2 aromatic rings. The zero-order valence-corrected chi connectivity index (χ0v) is 12.0. The number of aromatic nitrogens is 3. The molecule has 1 amide bonds. The smallest absolute Gasteiger partial charge is 0.329 e. The highest BCUT2D eigenvalue weighted by Gasteiger charge is 2.12. The van der Waals surface area contributed by atoms with Crippen molar-refractivity contribution < 1.29 is 9.59 Å². The van der Waals surface area contributed by atoms with E-state index in [9.17, 15) is 9.59 Å². The van der Waals surface area contributed by atoms with Crippen LogP contribution >= 0.6 is 11.8 Å². The number of thioether (sulfide) groups is 1. The van der Waals surface area contributed by atoms with Gasteiger partial charge in [-0.3, -0.25) is 4.79 Å². The SMILES string of the molecule is CN(C)C(=O)n1cnc(SCC(=O)c2ccccc2)n1. The average Bonchev–Trinajstić information content (AvgIpc) is 2.93. The zero-order valence-electron chi connectivity index (χ0n) is 11.2. The lowest BCUT2D eigenvalue weighted by Crippen LogP contribution is -2.27. The second-order valence-electron chi connectivity index (χ2n) is 4.23. The molecule has 0 saturated heterocycles. The molecule has 2 rings (SSSR count). The van der Waals surface area contributed by atoms with Crippen molar-refractivity contribution in [2.75, 3.05) is 19.8 Å². The lowest BCUT2D eigenvalue weighted by atomic mass is 10.2. The highest BCUT2D eigenvalue weighted by molar-refractivity contribution is 7.99. The Balaban J connectivity index is 1.95. The first-order valence-electron chi connectivity index (χ1n) is 5.92. The first-order valence-corrected chi connectivity index (χ1v) is 6.91. The Morgan fingerprint density at radius 2 is 1.95 bits per heavy atom. The number of carbonyl (C=O) groups is 2. The number of ketones is 1. The van der Waals surface area contributed by atoms with Crippen LogP contribution in [0.3, 0.4) is 0 Å². The molecule has 0 unspecified atom stereocenters. The second kappa shape index (κ2) is 6.33. The topological polar surface area (TPSA) is 68.1 Å². The minimum atomic E-state index is -0.279. The molecule has 0 aliphatic heterocycles. The van der Waals surface area contributed by atoms with Gasteiger partial charge in [0.05, 0.1) is 5.75 Å². The van der Waals surface area contributed by atoms with Gasteiger partial charge in [-0.15, -0.1) is 5.10 Å². The molecule has 7 heteroatoms. The third kappa shape index (κ3) is 3.45. The fourth-order valence-electron chi connectivity index (χ4n) is 1.45. The van der Waals surface area contributed by atoms with Crippen molar-refractivity contribution in [3.63, 3.8) is 0 Å². The van der Waals surface area contributed by atoms with Crippen molar-refractivity contribution >= 4 is 23.6 Å². The maximum atomic E-state index is 11.9. The van der Waals surface area contributed by atoms with E-state index in [1.165, 1.54) is 23.0 Å². The number of carbonyl (C=O) groups excluding carboxylic acids is 2. The molecule has 0 atom stereocenters. The van der Waals surface area contributed by atoms with Crippen LogP contribution in [0, 0.1) is 0 Å². The molecule has 1 aromatic carbocycles. The van der Waals surface area contributed by atoms with E-state index in [0.29, 0.717) is 10.7 Å². The summed E-state index contributed by atoms with van der Waals surface area (Å²) in [5.41, 5.74) is 0.656. The number of nitrogens with zero attached hydrogens (tertiary/aromatic N) is 4. The third-order valence-electron chi connectivity index (χ3n) is 2.48. The number of Topliss-reactive ketones (excluding diaryl/α,β-unsaturated/α-hetero) is 1. The van der Waals surface area contributed by atoms with Gasteiger partial charge >= 0.3 is 6.03 Å². The Bertz CT molecular complexity index is 610. The number of rotatable bonds is 4. The number of amides is 1. The fourth-order valence-corrected chi connectivity index (χ4v) is 2.14. The van der Waals surface area contributed by atoms with Gasteiger partial charge in [-0.25, -0.2) is 9.78 Å². The van der Waals surface area contributed by atoms with Crippen molar-refractivity contribution in [2.45, 2.75) is 5.16 Å². The largest absolute Gasteiger partial charge is 0.345 e. The lowest BCUT2D eigenvalue weighted by Gasteiger charge is -2.07. The highest BCUT2D eigenvalue weighted by Crippen LogP contribution is 2.14. The summed E-state index contributed by atoms with van der Waals surface area (Å²) in [6.45, 7) is 0. The van der Waals surface area contributed by atoms with Crippen LogP contribution in [0.2, 0.25) is 0 Å². The summed E-state index contributed by atoms with van der Waals surface area (Å²) >= 11 is 1.21.